The molecule has 3 nitrogen and oxygen atoms in total. The van der Waals surface area contributed by atoms with Crippen LogP contribution in [0.1, 0.15) is 31.2 Å². The minimum atomic E-state index is -1.00. The monoisotopic (exact) mass is 272 g/mol. The SMILES string of the molecule is COc1cc(C2(C(=O)O)CCCC2)cc(F)c1Cl. The summed E-state index contributed by atoms with van der Waals surface area (Å²) < 4.78 is 18.7. The van der Waals surface area contributed by atoms with Gasteiger partial charge >= 0.3 is 5.97 Å². The molecule has 2 rings (SSSR count). The lowest BCUT2D eigenvalue weighted by Gasteiger charge is -2.25. The number of carbonyl (C=O) groups is 1. The summed E-state index contributed by atoms with van der Waals surface area (Å²) in [6.07, 6.45) is 2.71. The second kappa shape index (κ2) is 4.76. The second-order valence-corrected chi connectivity index (χ2v) is 4.95. The second-order valence-electron chi connectivity index (χ2n) is 4.57. The third kappa shape index (κ3) is 1.94. The number of halogens is 2. The Hall–Kier alpha value is -1.29. The zero-order chi connectivity index (χ0) is 13.3. The molecular weight excluding hydrogens is 259 g/mol. The Labute approximate surface area is 110 Å². The Balaban J connectivity index is 2.56. The summed E-state index contributed by atoms with van der Waals surface area (Å²) in [5.41, 5.74) is -0.565. The van der Waals surface area contributed by atoms with Gasteiger partial charge in [0.05, 0.1) is 12.5 Å². The number of benzene rings is 1. The van der Waals surface area contributed by atoms with E-state index in [1.54, 1.807) is 0 Å². The summed E-state index contributed by atoms with van der Waals surface area (Å²) in [7, 11) is 1.38. The first-order valence-corrected chi connectivity index (χ1v) is 6.16. The van der Waals surface area contributed by atoms with Crippen molar-refractivity contribution in [1.82, 2.24) is 0 Å². The molecule has 0 saturated heterocycles. The molecule has 98 valence electrons. The molecule has 1 aromatic rings. The van der Waals surface area contributed by atoms with Gasteiger partial charge in [-0.1, -0.05) is 24.4 Å². The van der Waals surface area contributed by atoms with E-state index >= 15 is 0 Å². The fourth-order valence-electron chi connectivity index (χ4n) is 2.59. The summed E-state index contributed by atoms with van der Waals surface area (Å²) in [5.74, 6) is -1.37. The molecule has 0 spiro atoms. The fraction of sp³-hybridized carbons (Fsp3) is 0.462. The normalized spacial score (nSPS) is 17.7. The molecule has 0 aliphatic heterocycles. The summed E-state index contributed by atoms with van der Waals surface area (Å²) in [4.78, 5) is 11.5. The molecule has 1 aliphatic carbocycles. The van der Waals surface area contributed by atoms with Crippen LogP contribution < -0.4 is 4.74 Å². The molecule has 0 atom stereocenters. The van der Waals surface area contributed by atoms with Crippen molar-refractivity contribution in [3.05, 3.63) is 28.5 Å². The highest BCUT2D eigenvalue weighted by molar-refractivity contribution is 6.32. The van der Waals surface area contributed by atoms with Crippen molar-refractivity contribution in [3.8, 4) is 5.75 Å². The van der Waals surface area contributed by atoms with E-state index in [1.165, 1.54) is 19.2 Å². The third-order valence-electron chi connectivity index (χ3n) is 3.63. The number of rotatable bonds is 3. The van der Waals surface area contributed by atoms with Crippen molar-refractivity contribution in [3.63, 3.8) is 0 Å². The van der Waals surface area contributed by atoms with E-state index in [0.717, 1.165) is 12.8 Å². The molecule has 18 heavy (non-hydrogen) atoms. The van der Waals surface area contributed by atoms with Gasteiger partial charge in [0.15, 0.2) is 0 Å². The van der Waals surface area contributed by atoms with Crippen LogP contribution in [0.2, 0.25) is 5.02 Å². The number of aliphatic carboxylic acids is 1. The van der Waals surface area contributed by atoms with E-state index in [0.29, 0.717) is 18.4 Å². The standard InChI is InChI=1S/C13H14ClFO3/c1-18-10-7-8(6-9(15)11(10)14)13(12(16)17)4-2-3-5-13/h6-7H,2-5H2,1H3,(H,16,17). The minimum absolute atomic E-state index is 0.111. The minimum Gasteiger partial charge on any atom is -0.495 e. The van der Waals surface area contributed by atoms with Crippen LogP contribution in [0.5, 0.6) is 5.75 Å². The summed E-state index contributed by atoms with van der Waals surface area (Å²) >= 11 is 5.75. The highest BCUT2D eigenvalue weighted by Gasteiger charge is 2.43. The van der Waals surface area contributed by atoms with Gasteiger partial charge in [-0.25, -0.2) is 4.39 Å². The lowest BCUT2D eigenvalue weighted by Crippen LogP contribution is -2.32. The Bertz CT molecular complexity index is 481. The van der Waals surface area contributed by atoms with Crippen LogP contribution in [0, 0.1) is 5.82 Å². The van der Waals surface area contributed by atoms with Crippen molar-refractivity contribution < 1.29 is 19.0 Å². The Morgan fingerprint density at radius 3 is 2.56 bits per heavy atom. The molecule has 0 unspecified atom stereocenters. The number of carboxylic acid groups (broad SMARTS) is 1. The summed E-state index contributed by atoms with van der Waals surface area (Å²) in [6.45, 7) is 0. The molecule has 1 aromatic carbocycles. The number of carboxylic acids is 1. The maximum absolute atomic E-state index is 13.7. The van der Waals surface area contributed by atoms with Gasteiger partial charge in [-0.15, -0.1) is 0 Å². The zero-order valence-corrected chi connectivity index (χ0v) is 10.8. The quantitative estimate of drug-likeness (QED) is 0.917. The highest BCUT2D eigenvalue weighted by Crippen LogP contribution is 2.44. The molecule has 0 aromatic heterocycles. The predicted octanol–water partition coefficient (Wildman–Crippen LogP) is 3.38. The Kier molecular flexibility index (Phi) is 3.48. The lowest BCUT2D eigenvalue weighted by atomic mass is 9.79. The van der Waals surface area contributed by atoms with E-state index in [2.05, 4.69) is 0 Å². The van der Waals surface area contributed by atoms with Crippen molar-refractivity contribution in [2.45, 2.75) is 31.1 Å². The predicted molar refractivity (Wildman–Crippen MR) is 65.7 cm³/mol. The maximum Gasteiger partial charge on any atom is 0.314 e. The van der Waals surface area contributed by atoms with Gasteiger partial charge in [0.1, 0.15) is 16.6 Å². The first-order chi connectivity index (χ1) is 8.51. The molecule has 5 heteroatoms. The molecule has 0 heterocycles. The number of hydrogen-bond donors (Lipinski definition) is 1. The molecule has 0 amide bonds. The van der Waals surface area contributed by atoms with Gasteiger partial charge in [0.2, 0.25) is 0 Å². The largest absolute Gasteiger partial charge is 0.495 e. The van der Waals surface area contributed by atoms with Crippen molar-refractivity contribution in [2.75, 3.05) is 7.11 Å². The number of ether oxygens (including phenoxy) is 1. The lowest BCUT2D eigenvalue weighted by molar-refractivity contribution is -0.143. The van der Waals surface area contributed by atoms with Crippen LogP contribution in [0.25, 0.3) is 0 Å². The van der Waals surface area contributed by atoms with E-state index in [4.69, 9.17) is 16.3 Å². The molecule has 1 saturated carbocycles. The molecule has 0 bridgehead atoms. The van der Waals surface area contributed by atoms with Crippen LogP contribution >= 0.6 is 11.6 Å². The molecular formula is C13H14ClFO3. The molecule has 0 radical (unpaired) electrons. The fourth-order valence-corrected chi connectivity index (χ4v) is 2.78. The topological polar surface area (TPSA) is 46.5 Å². The van der Waals surface area contributed by atoms with Gasteiger partial charge in [0, 0.05) is 0 Å². The van der Waals surface area contributed by atoms with Gasteiger partial charge in [-0.2, -0.15) is 0 Å². The van der Waals surface area contributed by atoms with Crippen LogP contribution in [-0.4, -0.2) is 18.2 Å². The Morgan fingerprint density at radius 2 is 2.06 bits per heavy atom. The van der Waals surface area contributed by atoms with E-state index < -0.39 is 17.2 Å². The van der Waals surface area contributed by atoms with Crippen LogP contribution in [0.15, 0.2) is 12.1 Å². The van der Waals surface area contributed by atoms with Crippen LogP contribution in [0.4, 0.5) is 4.39 Å². The first-order valence-electron chi connectivity index (χ1n) is 5.78. The van der Waals surface area contributed by atoms with Crippen molar-refractivity contribution in [1.29, 1.82) is 0 Å². The van der Waals surface area contributed by atoms with Crippen molar-refractivity contribution >= 4 is 17.6 Å². The molecule has 1 aliphatic rings. The van der Waals surface area contributed by atoms with E-state index in [-0.39, 0.29) is 10.8 Å². The summed E-state index contributed by atoms with van der Waals surface area (Å²) in [6, 6.07) is 2.75. The number of hydrogen-bond acceptors (Lipinski definition) is 2. The van der Waals surface area contributed by atoms with E-state index in [9.17, 15) is 14.3 Å². The average Bonchev–Trinajstić information content (AvgIpc) is 2.83. The highest BCUT2D eigenvalue weighted by atomic mass is 35.5. The first kappa shape index (κ1) is 13.1. The third-order valence-corrected chi connectivity index (χ3v) is 4.00. The molecule has 1 fully saturated rings. The van der Waals surface area contributed by atoms with Crippen LogP contribution in [-0.2, 0) is 10.2 Å². The van der Waals surface area contributed by atoms with Gasteiger partial charge in [-0.3, -0.25) is 4.79 Å². The maximum atomic E-state index is 13.7. The van der Waals surface area contributed by atoms with Gasteiger partial charge in [-0.05, 0) is 30.5 Å². The zero-order valence-electron chi connectivity index (χ0n) is 10.0. The average molecular weight is 273 g/mol. The smallest absolute Gasteiger partial charge is 0.314 e. The summed E-state index contributed by atoms with van der Waals surface area (Å²) in [5, 5.41) is 9.33. The number of methoxy groups -OCH3 is 1. The van der Waals surface area contributed by atoms with Crippen molar-refractivity contribution in [2.24, 2.45) is 0 Å². The molecule has 1 N–H and O–H groups in total. The van der Waals surface area contributed by atoms with Gasteiger partial charge in [0.25, 0.3) is 0 Å². The van der Waals surface area contributed by atoms with E-state index in [1.807, 2.05) is 0 Å². The van der Waals surface area contributed by atoms with Crippen LogP contribution in [0.3, 0.4) is 0 Å². The van der Waals surface area contributed by atoms with Gasteiger partial charge < -0.3 is 9.84 Å². The Morgan fingerprint density at radius 1 is 1.44 bits per heavy atom.